The zero-order valence-electron chi connectivity index (χ0n) is 15.1. The Morgan fingerprint density at radius 2 is 1.64 bits per heavy atom. The Balaban J connectivity index is 1.31. The molecule has 7 heteroatoms. The quantitative estimate of drug-likeness (QED) is 0.372. The second-order valence-corrected chi connectivity index (χ2v) is 6.39. The van der Waals surface area contributed by atoms with Gasteiger partial charge in [-0.15, -0.1) is 5.06 Å². The molecular weight excluding hydrogens is 362 g/mol. The maximum absolute atomic E-state index is 12.2. The van der Waals surface area contributed by atoms with Crippen molar-refractivity contribution in [3.8, 4) is 5.75 Å². The fourth-order valence-corrected chi connectivity index (χ4v) is 3.08. The molecule has 0 N–H and O–H groups in total. The zero-order chi connectivity index (χ0) is 19.7. The van der Waals surface area contributed by atoms with E-state index in [2.05, 4.69) is 0 Å². The SMILES string of the molecule is Cc1cc(=O)oc2cc(OCCCON3C(=O)c4ccccc4C3=O)ccc12. The molecular formula is C21H17NO6. The lowest BCUT2D eigenvalue weighted by atomic mass is 10.1. The van der Waals surface area contributed by atoms with Crippen LogP contribution in [-0.2, 0) is 4.84 Å². The molecule has 0 radical (unpaired) electrons. The van der Waals surface area contributed by atoms with Crippen LogP contribution < -0.4 is 10.4 Å². The third-order valence-electron chi connectivity index (χ3n) is 4.46. The number of rotatable bonds is 6. The van der Waals surface area contributed by atoms with Crippen LogP contribution in [-0.4, -0.2) is 30.1 Å². The summed E-state index contributed by atoms with van der Waals surface area (Å²) in [4.78, 5) is 41.2. The summed E-state index contributed by atoms with van der Waals surface area (Å²) in [6.07, 6.45) is 0.462. The number of carbonyl (C=O) groups is 2. The molecule has 2 heterocycles. The Hall–Kier alpha value is -3.45. The predicted octanol–water partition coefficient (Wildman–Crippen LogP) is 3.10. The topological polar surface area (TPSA) is 86.1 Å². The molecule has 1 aliphatic rings. The fourth-order valence-electron chi connectivity index (χ4n) is 3.08. The van der Waals surface area contributed by atoms with Crippen molar-refractivity contribution >= 4 is 22.8 Å². The van der Waals surface area contributed by atoms with E-state index in [9.17, 15) is 14.4 Å². The van der Waals surface area contributed by atoms with Crippen LogP contribution in [0.4, 0.5) is 0 Å². The number of benzene rings is 2. The second-order valence-electron chi connectivity index (χ2n) is 6.39. The molecule has 0 saturated heterocycles. The van der Waals surface area contributed by atoms with Crippen molar-refractivity contribution in [3.63, 3.8) is 0 Å². The molecule has 0 bridgehead atoms. The van der Waals surface area contributed by atoms with Gasteiger partial charge in [0.1, 0.15) is 11.3 Å². The average Bonchev–Trinajstić information content (AvgIpc) is 2.92. The Morgan fingerprint density at radius 1 is 0.929 bits per heavy atom. The lowest BCUT2D eigenvalue weighted by Crippen LogP contribution is -2.30. The smallest absolute Gasteiger partial charge is 0.336 e. The van der Waals surface area contributed by atoms with Crippen molar-refractivity contribution in [3.05, 3.63) is 75.6 Å². The molecule has 142 valence electrons. The van der Waals surface area contributed by atoms with Crippen molar-refractivity contribution in [1.29, 1.82) is 0 Å². The number of hydrogen-bond acceptors (Lipinski definition) is 6. The number of hydrogen-bond donors (Lipinski definition) is 0. The van der Waals surface area contributed by atoms with Crippen LogP contribution in [0.15, 0.2) is 57.7 Å². The fraction of sp³-hybridized carbons (Fsp3) is 0.190. The van der Waals surface area contributed by atoms with Crippen molar-refractivity contribution in [2.45, 2.75) is 13.3 Å². The number of imide groups is 1. The molecule has 7 nitrogen and oxygen atoms in total. The molecule has 0 aliphatic carbocycles. The second kappa shape index (κ2) is 7.28. The monoisotopic (exact) mass is 379 g/mol. The molecule has 0 spiro atoms. The van der Waals surface area contributed by atoms with Gasteiger partial charge in [0.15, 0.2) is 0 Å². The van der Waals surface area contributed by atoms with Gasteiger partial charge < -0.3 is 9.15 Å². The van der Waals surface area contributed by atoms with E-state index in [4.69, 9.17) is 14.0 Å². The maximum Gasteiger partial charge on any atom is 0.336 e. The van der Waals surface area contributed by atoms with E-state index < -0.39 is 17.4 Å². The summed E-state index contributed by atoms with van der Waals surface area (Å²) < 4.78 is 10.8. The molecule has 0 unspecified atom stereocenters. The summed E-state index contributed by atoms with van der Waals surface area (Å²) in [5, 5.41) is 1.64. The largest absolute Gasteiger partial charge is 0.493 e. The first-order chi connectivity index (χ1) is 13.5. The van der Waals surface area contributed by atoms with Gasteiger partial charge in [0, 0.05) is 23.9 Å². The van der Waals surface area contributed by atoms with Gasteiger partial charge in [0.05, 0.1) is 24.3 Å². The van der Waals surface area contributed by atoms with Crippen molar-refractivity contribution < 1.29 is 23.6 Å². The molecule has 1 aliphatic heterocycles. The number of nitrogens with zero attached hydrogens (tertiary/aromatic N) is 1. The van der Waals surface area contributed by atoms with Crippen molar-refractivity contribution in [1.82, 2.24) is 5.06 Å². The zero-order valence-corrected chi connectivity index (χ0v) is 15.1. The van der Waals surface area contributed by atoms with Crippen LogP contribution in [0.25, 0.3) is 11.0 Å². The maximum atomic E-state index is 12.2. The molecule has 0 atom stereocenters. The van der Waals surface area contributed by atoms with E-state index in [-0.39, 0.29) is 6.61 Å². The number of carbonyl (C=O) groups excluding carboxylic acids is 2. The van der Waals surface area contributed by atoms with Gasteiger partial charge in [-0.1, -0.05) is 12.1 Å². The van der Waals surface area contributed by atoms with Gasteiger partial charge in [-0.3, -0.25) is 14.4 Å². The Morgan fingerprint density at radius 3 is 2.36 bits per heavy atom. The highest BCUT2D eigenvalue weighted by molar-refractivity contribution is 6.20. The minimum atomic E-state index is -0.457. The van der Waals surface area contributed by atoms with E-state index in [1.807, 2.05) is 13.0 Å². The van der Waals surface area contributed by atoms with Gasteiger partial charge in [-0.2, -0.15) is 0 Å². The summed E-state index contributed by atoms with van der Waals surface area (Å²) in [5.41, 5.74) is 1.59. The van der Waals surface area contributed by atoms with Crippen LogP contribution in [0.2, 0.25) is 0 Å². The van der Waals surface area contributed by atoms with Gasteiger partial charge in [-0.25, -0.2) is 4.79 Å². The highest BCUT2D eigenvalue weighted by atomic mass is 16.7. The third kappa shape index (κ3) is 3.27. The molecule has 2 aromatic carbocycles. The van der Waals surface area contributed by atoms with Crippen molar-refractivity contribution in [2.24, 2.45) is 0 Å². The summed E-state index contributed by atoms with van der Waals surface area (Å²) in [6.45, 7) is 2.30. The minimum absolute atomic E-state index is 0.146. The number of amides is 2. The number of hydroxylamine groups is 2. The average molecular weight is 379 g/mol. The minimum Gasteiger partial charge on any atom is -0.493 e. The van der Waals surface area contributed by atoms with Crippen LogP contribution in [0, 0.1) is 6.92 Å². The van der Waals surface area contributed by atoms with Gasteiger partial charge in [0.25, 0.3) is 11.8 Å². The standard InChI is InChI=1S/C21H17NO6/c1-13-11-19(23)28-18-12-14(7-8-15(13)18)26-9-4-10-27-22-20(24)16-5-2-3-6-17(16)21(22)25/h2-3,5-8,11-12H,4,9-10H2,1H3. The number of aryl methyl sites for hydroxylation is 1. The summed E-state index contributed by atoms with van der Waals surface area (Å²) in [7, 11) is 0. The van der Waals surface area contributed by atoms with E-state index in [0.717, 1.165) is 16.0 Å². The summed E-state index contributed by atoms with van der Waals surface area (Å²) in [6, 6.07) is 13.3. The lowest BCUT2D eigenvalue weighted by molar-refractivity contribution is -0.0935. The van der Waals surface area contributed by atoms with Gasteiger partial charge in [0.2, 0.25) is 0 Å². The molecule has 1 aromatic heterocycles. The van der Waals surface area contributed by atoms with Gasteiger partial charge >= 0.3 is 5.63 Å². The number of fused-ring (bicyclic) bond motifs is 2. The first-order valence-electron chi connectivity index (χ1n) is 8.82. The molecule has 0 saturated carbocycles. The first-order valence-corrected chi connectivity index (χ1v) is 8.82. The van der Waals surface area contributed by atoms with E-state index in [1.54, 1.807) is 36.4 Å². The summed E-state index contributed by atoms with van der Waals surface area (Å²) >= 11 is 0. The van der Waals surface area contributed by atoms with E-state index >= 15 is 0 Å². The summed E-state index contributed by atoms with van der Waals surface area (Å²) in [5.74, 6) is -0.357. The van der Waals surface area contributed by atoms with Crippen molar-refractivity contribution in [2.75, 3.05) is 13.2 Å². The molecule has 2 amide bonds. The molecule has 28 heavy (non-hydrogen) atoms. The number of ether oxygens (including phenoxy) is 1. The highest BCUT2D eigenvalue weighted by Gasteiger charge is 2.36. The third-order valence-corrected chi connectivity index (χ3v) is 4.46. The van der Waals surface area contributed by atoms with Crippen LogP contribution >= 0.6 is 0 Å². The Bertz CT molecular complexity index is 1100. The van der Waals surface area contributed by atoms with Crippen LogP contribution in [0.3, 0.4) is 0 Å². The Kier molecular flexibility index (Phi) is 4.67. The van der Waals surface area contributed by atoms with Crippen LogP contribution in [0.1, 0.15) is 32.7 Å². The molecule has 3 aromatic rings. The molecule has 0 fully saturated rings. The Labute approximate surface area is 160 Å². The highest BCUT2D eigenvalue weighted by Crippen LogP contribution is 2.23. The van der Waals surface area contributed by atoms with E-state index in [1.165, 1.54) is 6.07 Å². The molecule has 4 rings (SSSR count). The predicted molar refractivity (Wildman–Crippen MR) is 100 cm³/mol. The van der Waals surface area contributed by atoms with E-state index in [0.29, 0.717) is 35.5 Å². The first kappa shape index (κ1) is 17.9. The normalized spacial score (nSPS) is 13.2. The lowest BCUT2D eigenvalue weighted by Gasteiger charge is -2.13. The van der Waals surface area contributed by atoms with Gasteiger partial charge in [-0.05, 0) is 36.8 Å². The van der Waals surface area contributed by atoms with Crippen LogP contribution in [0.5, 0.6) is 5.75 Å².